The minimum atomic E-state index is 0.551. The molecule has 0 saturated carbocycles. The van der Waals surface area contributed by atoms with Crippen molar-refractivity contribution in [1.29, 1.82) is 0 Å². The van der Waals surface area contributed by atoms with E-state index in [4.69, 9.17) is 9.47 Å². The summed E-state index contributed by atoms with van der Waals surface area (Å²) in [4.78, 5) is 0. The van der Waals surface area contributed by atoms with Crippen molar-refractivity contribution < 1.29 is 9.47 Å². The van der Waals surface area contributed by atoms with E-state index in [0.717, 1.165) is 45.8 Å². The molecule has 3 heteroatoms. The molecule has 1 heterocycles. The Morgan fingerprint density at radius 1 is 1.25 bits per heavy atom. The molecule has 1 aliphatic rings. The Labute approximate surface area is 99.9 Å². The van der Waals surface area contributed by atoms with Crippen molar-refractivity contribution in [2.75, 3.05) is 32.9 Å². The number of rotatable bonds is 10. The summed E-state index contributed by atoms with van der Waals surface area (Å²) in [5, 5.41) is 3.45. The highest BCUT2D eigenvalue weighted by Gasteiger charge is 2.13. The Morgan fingerprint density at radius 2 is 2.12 bits per heavy atom. The van der Waals surface area contributed by atoms with Crippen LogP contribution in [0.1, 0.15) is 45.4 Å². The first-order valence-corrected chi connectivity index (χ1v) is 6.83. The van der Waals surface area contributed by atoms with Crippen molar-refractivity contribution in [3.8, 4) is 0 Å². The van der Waals surface area contributed by atoms with Crippen LogP contribution in [0.4, 0.5) is 0 Å². The lowest BCUT2D eigenvalue weighted by Gasteiger charge is -2.09. The van der Waals surface area contributed by atoms with Crippen LogP contribution >= 0.6 is 0 Å². The summed E-state index contributed by atoms with van der Waals surface area (Å²) in [6.07, 6.45) is 7.78. The van der Waals surface area contributed by atoms with Gasteiger partial charge in [-0.2, -0.15) is 0 Å². The van der Waals surface area contributed by atoms with Crippen LogP contribution in [0.3, 0.4) is 0 Å². The van der Waals surface area contributed by atoms with E-state index in [1.54, 1.807) is 0 Å². The molecule has 0 aromatic heterocycles. The second kappa shape index (κ2) is 10.1. The van der Waals surface area contributed by atoms with E-state index >= 15 is 0 Å². The van der Waals surface area contributed by atoms with Crippen LogP contribution in [-0.2, 0) is 9.47 Å². The Kier molecular flexibility index (Phi) is 8.77. The van der Waals surface area contributed by atoms with E-state index in [1.807, 2.05) is 0 Å². The van der Waals surface area contributed by atoms with Crippen molar-refractivity contribution in [3.05, 3.63) is 0 Å². The molecular weight excluding hydrogens is 202 g/mol. The fourth-order valence-corrected chi connectivity index (χ4v) is 2.00. The molecule has 16 heavy (non-hydrogen) atoms. The smallest absolute Gasteiger partial charge is 0.0576 e. The molecule has 1 aliphatic heterocycles. The molecule has 3 nitrogen and oxygen atoms in total. The van der Waals surface area contributed by atoms with Gasteiger partial charge in [-0.3, -0.25) is 0 Å². The lowest BCUT2D eigenvalue weighted by atomic mass is 10.1. The molecule has 1 fully saturated rings. The third-order valence-corrected chi connectivity index (χ3v) is 2.89. The van der Waals surface area contributed by atoms with Crippen LogP contribution in [0, 0.1) is 0 Å². The fourth-order valence-electron chi connectivity index (χ4n) is 2.00. The zero-order valence-electron chi connectivity index (χ0n) is 10.7. The first-order valence-electron chi connectivity index (χ1n) is 6.83. The predicted octanol–water partition coefficient (Wildman–Crippen LogP) is 2.35. The van der Waals surface area contributed by atoms with Gasteiger partial charge in [0.2, 0.25) is 0 Å². The van der Waals surface area contributed by atoms with Crippen molar-refractivity contribution in [1.82, 2.24) is 5.32 Å². The molecule has 1 saturated heterocycles. The Balaban J connectivity index is 1.71. The molecule has 0 spiro atoms. The molecule has 1 unspecified atom stereocenters. The van der Waals surface area contributed by atoms with E-state index < -0.39 is 0 Å². The fraction of sp³-hybridized carbons (Fsp3) is 1.00. The van der Waals surface area contributed by atoms with Gasteiger partial charge in [-0.05, 0) is 51.6 Å². The lowest BCUT2D eigenvalue weighted by Crippen LogP contribution is -2.19. The van der Waals surface area contributed by atoms with Crippen LogP contribution in [0.15, 0.2) is 0 Å². The SMILES string of the molecule is CCCOCCCNCCCC1CCCO1. The molecule has 0 radical (unpaired) electrons. The summed E-state index contributed by atoms with van der Waals surface area (Å²) >= 11 is 0. The second-order valence-corrected chi connectivity index (χ2v) is 4.49. The predicted molar refractivity (Wildman–Crippen MR) is 66.8 cm³/mol. The summed E-state index contributed by atoms with van der Waals surface area (Å²) in [6, 6.07) is 0. The van der Waals surface area contributed by atoms with E-state index in [0.29, 0.717) is 6.10 Å². The van der Waals surface area contributed by atoms with Crippen LogP contribution in [0.5, 0.6) is 0 Å². The largest absolute Gasteiger partial charge is 0.381 e. The van der Waals surface area contributed by atoms with E-state index in [1.165, 1.54) is 25.7 Å². The van der Waals surface area contributed by atoms with E-state index in [9.17, 15) is 0 Å². The first kappa shape index (κ1) is 13.9. The lowest BCUT2D eigenvalue weighted by molar-refractivity contribution is 0.102. The average Bonchev–Trinajstić information content (AvgIpc) is 2.80. The third kappa shape index (κ3) is 7.20. The highest BCUT2D eigenvalue weighted by Crippen LogP contribution is 2.16. The zero-order valence-corrected chi connectivity index (χ0v) is 10.7. The van der Waals surface area contributed by atoms with E-state index in [2.05, 4.69) is 12.2 Å². The van der Waals surface area contributed by atoms with Crippen LogP contribution < -0.4 is 5.32 Å². The highest BCUT2D eigenvalue weighted by atomic mass is 16.5. The van der Waals surface area contributed by atoms with Gasteiger partial charge in [-0.1, -0.05) is 6.92 Å². The van der Waals surface area contributed by atoms with Crippen molar-refractivity contribution >= 4 is 0 Å². The van der Waals surface area contributed by atoms with Gasteiger partial charge in [0.15, 0.2) is 0 Å². The van der Waals surface area contributed by atoms with Gasteiger partial charge in [0, 0.05) is 19.8 Å². The van der Waals surface area contributed by atoms with Gasteiger partial charge in [0.1, 0.15) is 0 Å². The normalized spacial score (nSPS) is 20.4. The van der Waals surface area contributed by atoms with Crippen molar-refractivity contribution in [2.24, 2.45) is 0 Å². The molecule has 0 bridgehead atoms. The summed E-state index contributed by atoms with van der Waals surface area (Å²) in [6.45, 7) is 7.12. The maximum atomic E-state index is 5.58. The van der Waals surface area contributed by atoms with Crippen LogP contribution in [0.25, 0.3) is 0 Å². The molecule has 0 aromatic rings. The summed E-state index contributed by atoms with van der Waals surface area (Å²) < 4.78 is 11.0. The maximum absolute atomic E-state index is 5.58. The number of hydrogen-bond donors (Lipinski definition) is 1. The number of nitrogens with one attached hydrogen (secondary N) is 1. The molecule has 1 N–H and O–H groups in total. The van der Waals surface area contributed by atoms with Gasteiger partial charge in [-0.25, -0.2) is 0 Å². The van der Waals surface area contributed by atoms with Gasteiger partial charge in [0.05, 0.1) is 6.10 Å². The summed E-state index contributed by atoms with van der Waals surface area (Å²) in [5.74, 6) is 0. The summed E-state index contributed by atoms with van der Waals surface area (Å²) in [5.41, 5.74) is 0. The van der Waals surface area contributed by atoms with Crippen LogP contribution in [-0.4, -0.2) is 39.0 Å². The maximum Gasteiger partial charge on any atom is 0.0576 e. The standard InChI is InChI=1S/C13H27NO2/c1-2-10-15-11-5-9-14-8-3-6-13-7-4-12-16-13/h13-14H,2-12H2,1H3. The van der Waals surface area contributed by atoms with Crippen LogP contribution in [0.2, 0.25) is 0 Å². The van der Waals surface area contributed by atoms with Gasteiger partial charge < -0.3 is 14.8 Å². The molecule has 0 amide bonds. The average molecular weight is 229 g/mol. The zero-order chi connectivity index (χ0) is 11.5. The molecule has 0 aromatic carbocycles. The number of hydrogen-bond acceptors (Lipinski definition) is 3. The van der Waals surface area contributed by atoms with Gasteiger partial charge in [0.25, 0.3) is 0 Å². The third-order valence-electron chi connectivity index (χ3n) is 2.89. The highest BCUT2D eigenvalue weighted by molar-refractivity contribution is 4.65. The Hall–Kier alpha value is -0.120. The minimum absolute atomic E-state index is 0.551. The van der Waals surface area contributed by atoms with E-state index in [-0.39, 0.29) is 0 Å². The Morgan fingerprint density at radius 3 is 2.88 bits per heavy atom. The molecule has 96 valence electrons. The number of ether oxygens (including phenoxy) is 2. The molecule has 0 aliphatic carbocycles. The van der Waals surface area contributed by atoms with Gasteiger partial charge >= 0.3 is 0 Å². The first-order chi connectivity index (χ1) is 7.93. The minimum Gasteiger partial charge on any atom is -0.381 e. The monoisotopic (exact) mass is 229 g/mol. The van der Waals surface area contributed by atoms with Crippen molar-refractivity contribution in [3.63, 3.8) is 0 Å². The Bertz CT molecular complexity index is 147. The second-order valence-electron chi connectivity index (χ2n) is 4.49. The quantitative estimate of drug-likeness (QED) is 0.583. The summed E-state index contributed by atoms with van der Waals surface area (Å²) in [7, 11) is 0. The topological polar surface area (TPSA) is 30.5 Å². The molecule has 1 rings (SSSR count). The molecular formula is C13H27NO2. The van der Waals surface area contributed by atoms with Gasteiger partial charge in [-0.15, -0.1) is 0 Å². The van der Waals surface area contributed by atoms with Crippen molar-refractivity contribution in [2.45, 2.75) is 51.6 Å². The molecule has 1 atom stereocenters.